The van der Waals surface area contributed by atoms with E-state index in [4.69, 9.17) is 29.7 Å². The molecule has 0 unspecified atom stereocenters. The van der Waals surface area contributed by atoms with Crippen LogP contribution in [-0.4, -0.2) is 113 Å². The lowest BCUT2D eigenvalue weighted by atomic mass is 9.96. The van der Waals surface area contributed by atoms with Crippen molar-refractivity contribution in [3.8, 4) is 0 Å². The third-order valence-electron chi connectivity index (χ3n) is 8.42. The first kappa shape index (κ1) is 49.0. The third kappa shape index (κ3) is 17.1. The van der Waals surface area contributed by atoms with Crippen molar-refractivity contribution in [2.75, 3.05) is 45.8 Å². The molecule has 0 aliphatic carbocycles. The van der Waals surface area contributed by atoms with Gasteiger partial charge in [0.05, 0.1) is 6.04 Å². The lowest BCUT2D eigenvalue weighted by molar-refractivity contribution is -0.193. The molecule has 21 heteroatoms. The fourth-order valence-electron chi connectivity index (χ4n) is 5.60. The summed E-state index contributed by atoms with van der Waals surface area (Å²) in [6, 6.07) is 19.4. The van der Waals surface area contributed by atoms with Gasteiger partial charge in [-0.15, -0.1) is 0 Å². The molecule has 10 nitrogen and oxygen atoms in total. The van der Waals surface area contributed by atoms with Gasteiger partial charge in [0.1, 0.15) is 11.6 Å². The van der Waals surface area contributed by atoms with Crippen LogP contribution in [-0.2, 0) is 27.2 Å². The standard InChI is InChI=1S/C31H35F2N3O.3C2HF3O2/c32-28-9-5-24(6-10-28)31(25-7-11-29(33)12-8-25)36-20-18-35(19-21-36)17-1-2-30(37)27-4-3-23-13-15-34-16-14-26(23)22-27;3*3-2(4,5)1(6)7/h3-12,22,31,34H,1-2,13-21H2;3*(H,6,7). The Morgan fingerprint density at radius 2 is 1.00 bits per heavy atom. The highest BCUT2D eigenvalue weighted by Gasteiger charge is 2.39. The summed E-state index contributed by atoms with van der Waals surface area (Å²) in [7, 11) is 0. The summed E-state index contributed by atoms with van der Waals surface area (Å²) in [6.45, 7) is 6.38. The number of carboxylic acids is 3. The molecule has 1 fully saturated rings. The van der Waals surface area contributed by atoms with Crippen LogP contribution in [0.5, 0.6) is 0 Å². The topological polar surface area (TPSA) is 147 Å². The Balaban J connectivity index is 0.000000453. The highest BCUT2D eigenvalue weighted by Crippen LogP contribution is 2.30. The quantitative estimate of drug-likeness (QED) is 0.139. The maximum Gasteiger partial charge on any atom is 0.490 e. The first-order valence-corrected chi connectivity index (χ1v) is 17.1. The molecule has 1 saturated heterocycles. The molecule has 0 saturated carbocycles. The lowest BCUT2D eigenvalue weighted by Crippen LogP contribution is -2.48. The summed E-state index contributed by atoms with van der Waals surface area (Å²) < 4.78 is 122. The number of carbonyl (C=O) groups is 4. The molecule has 2 heterocycles. The van der Waals surface area contributed by atoms with Gasteiger partial charge in [0.25, 0.3) is 0 Å². The third-order valence-corrected chi connectivity index (χ3v) is 8.42. The first-order chi connectivity index (χ1) is 26.9. The Hall–Kier alpha value is -5.15. The second-order valence-corrected chi connectivity index (χ2v) is 12.6. The zero-order valence-electron chi connectivity index (χ0n) is 30.2. The molecule has 2 aliphatic rings. The minimum atomic E-state index is -5.08. The molecule has 0 radical (unpaired) electrons. The van der Waals surface area contributed by atoms with Gasteiger partial charge in [-0.3, -0.25) is 9.69 Å². The number of ketones is 1. The number of halogens is 11. The number of nitrogens with one attached hydrogen (secondary N) is 1. The summed E-state index contributed by atoms with van der Waals surface area (Å²) >= 11 is 0. The summed E-state index contributed by atoms with van der Waals surface area (Å²) in [5, 5.41) is 24.8. The number of alkyl halides is 9. The van der Waals surface area contributed by atoms with Crippen molar-refractivity contribution in [1.82, 2.24) is 15.1 Å². The highest BCUT2D eigenvalue weighted by molar-refractivity contribution is 5.96. The average Bonchev–Trinajstić information content (AvgIpc) is 3.39. The number of rotatable bonds is 8. The van der Waals surface area contributed by atoms with E-state index in [9.17, 15) is 53.1 Å². The zero-order valence-corrected chi connectivity index (χ0v) is 30.2. The largest absolute Gasteiger partial charge is 0.490 e. The molecule has 4 N–H and O–H groups in total. The van der Waals surface area contributed by atoms with Crippen LogP contribution in [0.3, 0.4) is 0 Å². The van der Waals surface area contributed by atoms with Gasteiger partial charge < -0.3 is 25.5 Å². The number of Topliss-reactive ketones (excluding diaryl/α,β-unsaturated/α-hetero) is 1. The Bertz CT molecular complexity index is 1690. The van der Waals surface area contributed by atoms with E-state index in [1.165, 1.54) is 35.4 Å². The Kier molecular flexibility index (Phi) is 18.7. The number of aliphatic carboxylic acids is 3. The average molecular weight is 846 g/mol. The molecule has 0 amide bonds. The number of piperazine rings is 1. The SMILES string of the molecule is O=C(CCCN1CCN(C(c2ccc(F)cc2)c2ccc(F)cc2)CC1)c1ccc2c(c1)CCNCC2.O=C(O)C(F)(F)F.O=C(O)C(F)(F)F.O=C(O)C(F)(F)F. The van der Waals surface area contributed by atoms with E-state index in [0.29, 0.717) is 6.42 Å². The van der Waals surface area contributed by atoms with Crippen molar-refractivity contribution in [3.05, 3.63) is 106 Å². The first-order valence-electron chi connectivity index (χ1n) is 17.1. The van der Waals surface area contributed by atoms with Crippen LogP contribution in [0.1, 0.15) is 51.5 Å². The molecule has 3 aromatic rings. The molecule has 320 valence electrons. The van der Waals surface area contributed by atoms with Crippen molar-refractivity contribution in [2.24, 2.45) is 0 Å². The predicted octanol–water partition coefficient (Wildman–Crippen LogP) is 6.92. The number of carboxylic acid groups (broad SMARTS) is 3. The van der Waals surface area contributed by atoms with Crippen LogP contribution < -0.4 is 5.32 Å². The number of hydrogen-bond acceptors (Lipinski definition) is 7. The summed E-state index contributed by atoms with van der Waals surface area (Å²) in [4.78, 5) is 44.4. The van der Waals surface area contributed by atoms with Crippen molar-refractivity contribution >= 4 is 23.7 Å². The van der Waals surface area contributed by atoms with Crippen molar-refractivity contribution in [3.63, 3.8) is 0 Å². The fourth-order valence-corrected chi connectivity index (χ4v) is 5.60. The van der Waals surface area contributed by atoms with Gasteiger partial charge in [0.2, 0.25) is 0 Å². The summed E-state index contributed by atoms with van der Waals surface area (Å²) in [5.41, 5.74) is 5.52. The Morgan fingerprint density at radius 3 is 1.40 bits per heavy atom. The number of carbonyl (C=O) groups excluding carboxylic acids is 1. The normalized spacial score (nSPS) is 14.9. The van der Waals surface area contributed by atoms with Crippen molar-refractivity contribution in [1.29, 1.82) is 0 Å². The molecule has 0 bridgehead atoms. The Labute approximate surface area is 323 Å². The van der Waals surface area contributed by atoms with Crippen LogP contribution in [0.2, 0.25) is 0 Å². The number of hydrogen-bond donors (Lipinski definition) is 4. The fraction of sp³-hybridized carbons (Fsp3) is 0.405. The Morgan fingerprint density at radius 1 is 0.603 bits per heavy atom. The molecule has 5 rings (SSSR count). The van der Waals surface area contributed by atoms with Gasteiger partial charge in [-0.2, -0.15) is 39.5 Å². The lowest BCUT2D eigenvalue weighted by Gasteiger charge is -2.39. The molecule has 2 aliphatic heterocycles. The second kappa shape index (κ2) is 22.1. The van der Waals surface area contributed by atoms with Crippen LogP contribution >= 0.6 is 0 Å². The van der Waals surface area contributed by atoms with Crippen LogP contribution in [0.25, 0.3) is 0 Å². The number of nitrogens with zero attached hydrogens (tertiary/aromatic N) is 2. The minimum absolute atomic E-state index is 0.0478. The van der Waals surface area contributed by atoms with E-state index in [2.05, 4.69) is 27.2 Å². The number of fused-ring (bicyclic) bond motifs is 1. The molecular weight excluding hydrogens is 807 g/mol. The molecule has 0 spiro atoms. The second-order valence-electron chi connectivity index (χ2n) is 12.6. The maximum absolute atomic E-state index is 13.6. The minimum Gasteiger partial charge on any atom is -0.475 e. The predicted molar refractivity (Wildman–Crippen MR) is 184 cm³/mol. The molecule has 3 aromatic carbocycles. The van der Waals surface area contributed by atoms with Crippen LogP contribution in [0.15, 0.2) is 66.7 Å². The van der Waals surface area contributed by atoms with Gasteiger partial charge >= 0.3 is 36.4 Å². The smallest absolute Gasteiger partial charge is 0.475 e. The van der Waals surface area contributed by atoms with E-state index in [1.54, 1.807) is 0 Å². The summed E-state index contributed by atoms with van der Waals surface area (Å²) in [5.74, 6) is -8.56. The number of benzene rings is 3. The molecule has 0 aromatic heterocycles. The molecule has 0 atom stereocenters. The van der Waals surface area contributed by atoms with Gasteiger partial charge in [-0.25, -0.2) is 23.2 Å². The summed E-state index contributed by atoms with van der Waals surface area (Å²) in [6.07, 6.45) is -11.8. The zero-order chi connectivity index (χ0) is 43.8. The van der Waals surface area contributed by atoms with Crippen LogP contribution in [0.4, 0.5) is 48.3 Å². The van der Waals surface area contributed by atoms with E-state index in [-0.39, 0.29) is 23.5 Å². The van der Waals surface area contributed by atoms with E-state index in [0.717, 1.165) is 81.8 Å². The van der Waals surface area contributed by atoms with Gasteiger partial charge in [-0.1, -0.05) is 36.4 Å². The van der Waals surface area contributed by atoms with E-state index >= 15 is 0 Å². The highest BCUT2D eigenvalue weighted by atomic mass is 19.4. The van der Waals surface area contributed by atoms with E-state index in [1.807, 2.05) is 30.3 Å². The molecule has 58 heavy (non-hydrogen) atoms. The molecular formula is C37H38F11N3O7. The van der Waals surface area contributed by atoms with Crippen molar-refractivity contribution < 1.29 is 82.8 Å². The van der Waals surface area contributed by atoms with Crippen LogP contribution in [0, 0.1) is 11.6 Å². The van der Waals surface area contributed by atoms with Gasteiger partial charge in [-0.05, 0) is 91.5 Å². The van der Waals surface area contributed by atoms with E-state index < -0.39 is 36.4 Å². The monoisotopic (exact) mass is 845 g/mol. The van der Waals surface area contributed by atoms with Gasteiger partial charge in [0.15, 0.2) is 5.78 Å². The van der Waals surface area contributed by atoms with Gasteiger partial charge in [0, 0.05) is 38.2 Å². The van der Waals surface area contributed by atoms with Crippen molar-refractivity contribution in [2.45, 2.75) is 50.3 Å². The maximum atomic E-state index is 13.6.